The Labute approximate surface area is 213 Å². The second-order valence-electron chi connectivity index (χ2n) is 8.58. The summed E-state index contributed by atoms with van der Waals surface area (Å²) in [4.78, 5) is 29.3. The van der Waals surface area contributed by atoms with Gasteiger partial charge in [0.05, 0.1) is 16.4 Å². The third-order valence-corrected chi connectivity index (χ3v) is 7.76. The fraction of sp³-hybridized carbons (Fsp3) is 0.0370. The van der Waals surface area contributed by atoms with Gasteiger partial charge in [0, 0.05) is 8.95 Å². The molecule has 2 N–H and O–H groups in total. The molecular formula is C27H14Br2N2O4. The van der Waals surface area contributed by atoms with Gasteiger partial charge in [-0.05, 0) is 81.9 Å². The van der Waals surface area contributed by atoms with Crippen LogP contribution in [-0.4, -0.2) is 9.97 Å². The van der Waals surface area contributed by atoms with Crippen LogP contribution >= 0.6 is 31.9 Å². The van der Waals surface area contributed by atoms with Crippen molar-refractivity contribution < 1.29 is 8.83 Å². The first kappa shape index (κ1) is 20.7. The zero-order valence-corrected chi connectivity index (χ0v) is 21.0. The van der Waals surface area contributed by atoms with Gasteiger partial charge in [-0.1, -0.05) is 56.1 Å². The lowest BCUT2D eigenvalue weighted by molar-refractivity contribution is 0.554. The molecule has 4 aromatic carbocycles. The van der Waals surface area contributed by atoms with E-state index < -0.39 is 16.9 Å². The van der Waals surface area contributed by atoms with E-state index in [1.54, 1.807) is 0 Å². The van der Waals surface area contributed by atoms with Crippen molar-refractivity contribution in [2.45, 2.75) is 5.41 Å². The summed E-state index contributed by atoms with van der Waals surface area (Å²) in [6.45, 7) is 0. The summed E-state index contributed by atoms with van der Waals surface area (Å²) in [5, 5.41) is 0. The molecule has 0 radical (unpaired) electrons. The van der Waals surface area contributed by atoms with Crippen LogP contribution in [0.5, 0.6) is 0 Å². The maximum absolute atomic E-state index is 11.9. The molecule has 170 valence electrons. The molecule has 0 aliphatic heterocycles. The van der Waals surface area contributed by atoms with E-state index in [0.29, 0.717) is 22.2 Å². The maximum atomic E-state index is 11.9. The lowest BCUT2D eigenvalue weighted by atomic mass is 9.67. The van der Waals surface area contributed by atoms with Crippen LogP contribution in [0, 0.1) is 0 Å². The molecule has 35 heavy (non-hydrogen) atoms. The molecule has 7 rings (SSSR count). The predicted octanol–water partition coefficient (Wildman–Crippen LogP) is 6.44. The molecule has 8 heteroatoms. The second-order valence-corrected chi connectivity index (χ2v) is 10.4. The molecule has 0 bridgehead atoms. The number of H-pyrrole nitrogens is 2. The molecule has 1 aliphatic carbocycles. The van der Waals surface area contributed by atoms with Crippen molar-refractivity contribution in [2.24, 2.45) is 0 Å². The van der Waals surface area contributed by atoms with Crippen molar-refractivity contribution in [3.8, 4) is 11.1 Å². The summed E-state index contributed by atoms with van der Waals surface area (Å²) in [5.41, 5.74) is 7.59. The van der Waals surface area contributed by atoms with Crippen LogP contribution in [-0.2, 0) is 5.41 Å². The van der Waals surface area contributed by atoms with Crippen LogP contribution in [0.1, 0.15) is 22.3 Å². The van der Waals surface area contributed by atoms with Gasteiger partial charge in [0.2, 0.25) is 0 Å². The van der Waals surface area contributed by atoms with Crippen LogP contribution in [0.4, 0.5) is 0 Å². The number of oxazole rings is 2. The van der Waals surface area contributed by atoms with E-state index in [4.69, 9.17) is 8.83 Å². The fourth-order valence-corrected chi connectivity index (χ4v) is 6.14. The van der Waals surface area contributed by atoms with Crippen LogP contribution < -0.4 is 11.5 Å². The highest BCUT2D eigenvalue weighted by Gasteiger charge is 2.47. The van der Waals surface area contributed by atoms with E-state index in [2.05, 4.69) is 66.1 Å². The molecule has 0 spiro atoms. The van der Waals surface area contributed by atoms with Gasteiger partial charge < -0.3 is 8.83 Å². The SMILES string of the molecule is O=c1[nH]c2ccc(C3(c4ccc5[nH]c(=O)oc5c4)c4cc(Br)ccc4-c4ccc(Br)cc43)cc2o1. The van der Waals surface area contributed by atoms with Crippen LogP contribution in [0.15, 0.2) is 100 Å². The average Bonchev–Trinajstić information content (AvgIpc) is 3.47. The first-order chi connectivity index (χ1) is 16.9. The molecule has 2 aromatic heterocycles. The Morgan fingerprint density at radius 2 is 1.06 bits per heavy atom. The Morgan fingerprint density at radius 1 is 0.600 bits per heavy atom. The van der Waals surface area contributed by atoms with Crippen molar-refractivity contribution in [1.29, 1.82) is 0 Å². The Bertz CT molecular complexity index is 1800. The first-order valence-electron chi connectivity index (χ1n) is 10.8. The number of hydrogen-bond acceptors (Lipinski definition) is 4. The highest BCUT2D eigenvalue weighted by atomic mass is 79.9. The number of nitrogens with one attached hydrogen (secondary N) is 2. The van der Waals surface area contributed by atoms with Gasteiger partial charge in [-0.2, -0.15) is 0 Å². The van der Waals surface area contributed by atoms with Crippen molar-refractivity contribution in [2.75, 3.05) is 0 Å². The Morgan fingerprint density at radius 3 is 1.51 bits per heavy atom. The van der Waals surface area contributed by atoms with Gasteiger partial charge in [-0.3, -0.25) is 9.97 Å². The summed E-state index contributed by atoms with van der Waals surface area (Å²) in [7, 11) is 0. The molecule has 6 aromatic rings. The van der Waals surface area contributed by atoms with Crippen molar-refractivity contribution >= 4 is 54.1 Å². The minimum absolute atomic E-state index is 0.473. The monoisotopic (exact) mass is 588 g/mol. The number of benzene rings is 4. The predicted molar refractivity (Wildman–Crippen MR) is 140 cm³/mol. The standard InChI is InChI=1S/C27H14Br2N2O4/c28-15-3-5-17-18-6-4-16(29)12-20(18)27(19(17)11-15,13-1-7-21-23(9-13)34-25(32)30-21)14-2-8-22-24(10-14)35-26(33)31-22/h1-12H,(H,30,32)(H,31,33). The van der Waals surface area contributed by atoms with Gasteiger partial charge in [-0.15, -0.1) is 0 Å². The lowest BCUT2D eigenvalue weighted by Gasteiger charge is -2.34. The number of fused-ring (bicyclic) bond motifs is 5. The third-order valence-electron chi connectivity index (χ3n) is 6.77. The van der Waals surface area contributed by atoms with Gasteiger partial charge in [0.15, 0.2) is 11.2 Å². The average molecular weight is 590 g/mol. The minimum Gasteiger partial charge on any atom is -0.408 e. The van der Waals surface area contributed by atoms with E-state index in [1.807, 2.05) is 48.5 Å². The van der Waals surface area contributed by atoms with E-state index in [0.717, 1.165) is 42.3 Å². The van der Waals surface area contributed by atoms with Crippen LogP contribution in [0.2, 0.25) is 0 Å². The normalized spacial score (nSPS) is 13.9. The number of aromatic nitrogens is 2. The molecule has 0 atom stereocenters. The summed E-state index contributed by atoms with van der Waals surface area (Å²) in [6.07, 6.45) is 0. The van der Waals surface area contributed by atoms with Gasteiger partial charge in [0.25, 0.3) is 0 Å². The van der Waals surface area contributed by atoms with E-state index in [9.17, 15) is 9.59 Å². The topological polar surface area (TPSA) is 92.0 Å². The molecule has 1 aliphatic rings. The zero-order chi connectivity index (χ0) is 23.9. The minimum atomic E-state index is -0.772. The largest absolute Gasteiger partial charge is 0.417 e. The van der Waals surface area contributed by atoms with E-state index in [-0.39, 0.29) is 0 Å². The number of rotatable bonds is 2. The summed E-state index contributed by atoms with van der Waals surface area (Å²) in [6, 6.07) is 24.1. The smallest absolute Gasteiger partial charge is 0.408 e. The quantitative estimate of drug-likeness (QED) is 0.243. The molecule has 0 fully saturated rings. The Balaban J connectivity index is 1.68. The second kappa shape index (κ2) is 7.19. The van der Waals surface area contributed by atoms with Gasteiger partial charge >= 0.3 is 11.5 Å². The molecule has 0 saturated carbocycles. The molecule has 0 amide bonds. The third kappa shape index (κ3) is 2.87. The zero-order valence-electron chi connectivity index (χ0n) is 17.8. The maximum Gasteiger partial charge on any atom is 0.417 e. The number of halogens is 2. The van der Waals surface area contributed by atoms with Gasteiger partial charge in [-0.25, -0.2) is 9.59 Å². The Hall–Kier alpha value is -3.62. The number of aromatic amines is 2. The molecular weight excluding hydrogens is 576 g/mol. The molecule has 6 nitrogen and oxygen atoms in total. The highest BCUT2D eigenvalue weighted by Crippen LogP contribution is 2.57. The molecule has 2 heterocycles. The summed E-state index contributed by atoms with van der Waals surface area (Å²) < 4.78 is 12.8. The highest BCUT2D eigenvalue weighted by molar-refractivity contribution is 9.10. The van der Waals surface area contributed by atoms with E-state index in [1.165, 1.54) is 0 Å². The van der Waals surface area contributed by atoms with E-state index >= 15 is 0 Å². The lowest BCUT2D eigenvalue weighted by Crippen LogP contribution is -2.28. The molecule has 0 saturated heterocycles. The Kier molecular flexibility index (Phi) is 4.26. The summed E-state index contributed by atoms with van der Waals surface area (Å²) >= 11 is 7.34. The van der Waals surface area contributed by atoms with Gasteiger partial charge in [0.1, 0.15) is 0 Å². The van der Waals surface area contributed by atoms with Crippen LogP contribution in [0.25, 0.3) is 33.3 Å². The first-order valence-corrected chi connectivity index (χ1v) is 12.4. The summed E-state index contributed by atoms with van der Waals surface area (Å²) in [5.74, 6) is -1.00. The number of hydrogen-bond donors (Lipinski definition) is 2. The van der Waals surface area contributed by atoms with Crippen molar-refractivity contribution in [3.05, 3.63) is 125 Å². The van der Waals surface area contributed by atoms with Crippen molar-refractivity contribution in [3.63, 3.8) is 0 Å². The van der Waals surface area contributed by atoms with Crippen LogP contribution in [0.3, 0.4) is 0 Å². The molecule has 0 unspecified atom stereocenters. The fourth-order valence-electron chi connectivity index (χ4n) is 5.41. The van der Waals surface area contributed by atoms with Crippen molar-refractivity contribution in [1.82, 2.24) is 9.97 Å².